The zero-order valence-electron chi connectivity index (χ0n) is 10.9. The van der Waals surface area contributed by atoms with E-state index in [1.165, 1.54) is 19.3 Å². The van der Waals surface area contributed by atoms with Crippen LogP contribution in [0.3, 0.4) is 0 Å². The van der Waals surface area contributed by atoms with Gasteiger partial charge < -0.3 is 9.84 Å². The Balaban J connectivity index is 1.80. The zero-order valence-corrected chi connectivity index (χ0v) is 10.9. The number of nitrogens with zero attached hydrogens (tertiary/aromatic N) is 2. The van der Waals surface area contributed by atoms with E-state index in [-0.39, 0.29) is 5.54 Å². The van der Waals surface area contributed by atoms with Crippen molar-refractivity contribution < 1.29 is 4.52 Å². The second-order valence-electron chi connectivity index (χ2n) is 6.42. The van der Waals surface area contributed by atoms with Gasteiger partial charge in [-0.25, -0.2) is 0 Å². The van der Waals surface area contributed by atoms with Crippen molar-refractivity contribution in [3.05, 3.63) is 11.7 Å². The summed E-state index contributed by atoms with van der Waals surface area (Å²) >= 11 is 0. The number of aromatic nitrogens is 2. The van der Waals surface area contributed by atoms with Crippen LogP contribution >= 0.6 is 0 Å². The van der Waals surface area contributed by atoms with Crippen molar-refractivity contribution in [2.45, 2.75) is 57.9 Å². The van der Waals surface area contributed by atoms with Gasteiger partial charge in [-0.3, -0.25) is 0 Å². The normalized spacial score (nSPS) is 35.8. The molecule has 1 aliphatic carbocycles. The van der Waals surface area contributed by atoms with Gasteiger partial charge in [-0.2, -0.15) is 4.98 Å². The Labute approximate surface area is 102 Å². The molecule has 94 valence electrons. The predicted octanol–water partition coefficient (Wildman–Crippen LogP) is 2.57. The topological polar surface area (TPSA) is 51.0 Å². The molecule has 1 N–H and O–H groups in total. The number of hydrogen-bond acceptors (Lipinski definition) is 4. The van der Waals surface area contributed by atoms with E-state index in [9.17, 15) is 0 Å². The van der Waals surface area contributed by atoms with Gasteiger partial charge in [0.15, 0.2) is 5.82 Å². The maximum atomic E-state index is 5.48. The lowest BCUT2D eigenvalue weighted by Crippen LogP contribution is -2.43. The van der Waals surface area contributed by atoms with Gasteiger partial charge in [0.25, 0.3) is 0 Å². The van der Waals surface area contributed by atoms with E-state index in [0.717, 1.165) is 24.7 Å². The van der Waals surface area contributed by atoms with Gasteiger partial charge in [-0.05, 0) is 44.6 Å². The zero-order chi connectivity index (χ0) is 12.1. The quantitative estimate of drug-likeness (QED) is 0.856. The molecule has 4 heteroatoms. The van der Waals surface area contributed by atoms with Crippen LogP contribution in [0.4, 0.5) is 0 Å². The summed E-state index contributed by atoms with van der Waals surface area (Å²) in [6, 6.07) is 0. The van der Waals surface area contributed by atoms with Gasteiger partial charge in [0.1, 0.15) is 0 Å². The van der Waals surface area contributed by atoms with Gasteiger partial charge >= 0.3 is 0 Å². The van der Waals surface area contributed by atoms with Crippen LogP contribution in [0, 0.1) is 5.41 Å². The molecule has 1 aliphatic heterocycles. The molecule has 0 amide bonds. The lowest BCUT2D eigenvalue weighted by Gasteiger charge is -2.31. The summed E-state index contributed by atoms with van der Waals surface area (Å²) in [5.41, 5.74) is 0.255. The highest BCUT2D eigenvalue weighted by molar-refractivity contribution is 5.16. The van der Waals surface area contributed by atoms with E-state index in [0.29, 0.717) is 11.3 Å². The summed E-state index contributed by atoms with van der Waals surface area (Å²) in [7, 11) is 0. The summed E-state index contributed by atoms with van der Waals surface area (Å²) in [5, 5.41) is 7.68. The maximum absolute atomic E-state index is 5.48. The second-order valence-corrected chi connectivity index (χ2v) is 6.42. The molecule has 1 saturated carbocycles. The number of piperidine rings is 1. The van der Waals surface area contributed by atoms with Gasteiger partial charge in [-0.1, -0.05) is 19.0 Å². The van der Waals surface area contributed by atoms with Crippen molar-refractivity contribution in [3.63, 3.8) is 0 Å². The number of rotatable bonds is 2. The van der Waals surface area contributed by atoms with Crippen LogP contribution in [0.2, 0.25) is 0 Å². The molecule has 2 heterocycles. The third-order valence-corrected chi connectivity index (χ3v) is 4.36. The van der Waals surface area contributed by atoms with E-state index in [1.54, 1.807) is 0 Å². The first kappa shape index (κ1) is 11.2. The molecule has 0 spiro atoms. The summed E-state index contributed by atoms with van der Waals surface area (Å²) in [6.07, 6.45) is 4.74. The standard InChI is InChI=1S/C13H21N3O/c1-12(2)8-9(12)10-15-11(17-16-10)13(3)6-4-5-7-14-13/h9,14H,4-8H2,1-3H3. The first-order chi connectivity index (χ1) is 8.01. The fourth-order valence-corrected chi connectivity index (χ4v) is 2.75. The van der Waals surface area contributed by atoms with Gasteiger partial charge in [0.2, 0.25) is 5.89 Å². The van der Waals surface area contributed by atoms with Gasteiger partial charge in [0.05, 0.1) is 5.54 Å². The molecule has 4 nitrogen and oxygen atoms in total. The van der Waals surface area contributed by atoms with E-state index in [1.807, 2.05) is 0 Å². The van der Waals surface area contributed by atoms with Crippen LogP contribution in [0.25, 0.3) is 0 Å². The minimum atomic E-state index is -0.109. The van der Waals surface area contributed by atoms with Crippen LogP contribution in [-0.2, 0) is 5.54 Å². The summed E-state index contributed by atoms with van der Waals surface area (Å²) in [6.45, 7) is 7.73. The molecule has 1 saturated heterocycles. The molecular weight excluding hydrogens is 214 g/mol. The Hall–Kier alpha value is -0.900. The van der Waals surface area contributed by atoms with Crippen LogP contribution in [-0.4, -0.2) is 16.7 Å². The van der Waals surface area contributed by atoms with Crippen molar-refractivity contribution in [2.24, 2.45) is 5.41 Å². The monoisotopic (exact) mass is 235 g/mol. The Bertz CT molecular complexity index is 418. The number of nitrogens with one attached hydrogen (secondary N) is 1. The highest BCUT2D eigenvalue weighted by Crippen LogP contribution is 2.57. The van der Waals surface area contributed by atoms with Crippen molar-refractivity contribution in [1.29, 1.82) is 0 Å². The molecule has 1 aromatic heterocycles. The van der Waals surface area contributed by atoms with E-state index < -0.39 is 0 Å². The average Bonchev–Trinajstić information content (AvgIpc) is 2.76. The minimum absolute atomic E-state index is 0.109. The van der Waals surface area contributed by atoms with Crippen LogP contribution < -0.4 is 5.32 Å². The largest absolute Gasteiger partial charge is 0.337 e. The molecule has 2 atom stereocenters. The molecule has 0 radical (unpaired) electrons. The van der Waals surface area contributed by atoms with Crippen LogP contribution in [0.15, 0.2) is 4.52 Å². The van der Waals surface area contributed by atoms with E-state index >= 15 is 0 Å². The molecule has 3 rings (SSSR count). The molecule has 2 fully saturated rings. The first-order valence-corrected chi connectivity index (χ1v) is 6.60. The lowest BCUT2D eigenvalue weighted by atomic mass is 9.91. The lowest BCUT2D eigenvalue weighted by molar-refractivity contribution is 0.206. The summed E-state index contributed by atoms with van der Waals surface area (Å²) < 4.78 is 5.48. The van der Waals surface area contributed by atoms with Crippen LogP contribution in [0.1, 0.15) is 64.1 Å². The SMILES string of the molecule is CC1(c2nc(C3CC3(C)C)no2)CCCCN1. The Morgan fingerprint density at radius 3 is 2.65 bits per heavy atom. The highest BCUT2D eigenvalue weighted by atomic mass is 16.5. The van der Waals surface area contributed by atoms with Crippen molar-refractivity contribution in [1.82, 2.24) is 15.5 Å². The average molecular weight is 235 g/mol. The molecule has 2 unspecified atom stereocenters. The maximum Gasteiger partial charge on any atom is 0.246 e. The van der Waals surface area contributed by atoms with Gasteiger partial charge in [0, 0.05) is 5.92 Å². The van der Waals surface area contributed by atoms with Crippen molar-refractivity contribution in [2.75, 3.05) is 6.54 Å². The molecular formula is C13H21N3O. The summed E-state index contributed by atoms with van der Waals surface area (Å²) in [5.74, 6) is 2.17. The molecule has 1 aromatic rings. The van der Waals surface area contributed by atoms with Crippen molar-refractivity contribution >= 4 is 0 Å². The summed E-state index contributed by atoms with van der Waals surface area (Å²) in [4.78, 5) is 4.62. The number of hydrogen-bond donors (Lipinski definition) is 1. The minimum Gasteiger partial charge on any atom is -0.337 e. The fourth-order valence-electron chi connectivity index (χ4n) is 2.75. The second kappa shape index (κ2) is 3.55. The molecule has 0 aromatic carbocycles. The first-order valence-electron chi connectivity index (χ1n) is 6.60. The fraction of sp³-hybridized carbons (Fsp3) is 0.846. The Morgan fingerprint density at radius 2 is 2.06 bits per heavy atom. The van der Waals surface area contributed by atoms with Gasteiger partial charge in [-0.15, -0.1) is 0 Å². The van der Waals surface area contributed by atoms with Crippen molar-refractivity contribution in [3.8, 4) is 0 Å². The third kappa shape index (κ3) is 1.88. The Kier molecular flexibility index (Phi) is 2.34. The predicted molar refractivity (Wildman–Crippen MR) is 64.6 cm³/mol. The van der Waals surface area contributed by atoms with Crippen LogP contribution in [0.5, 0.6) is 0 Å². The third-order valence-electron chi connectivity index (χ3n) is 4.36. The molecule has 0 bridgehead atoms. The van der Waals surface area contributed by atoms with E-state index in [4.69, 9.17) is 4.52 Å². The highest BCUT2D eigenvalue weighted by Gasteiger charge is 2.50. The molecule has 17 heavy (non-hydrogen) atoms. The van der Waals surface area contributed by atoms with E-state index in [2.05, 4.69) is 36.2 Å². The Morgan fingerprint density at radius 1 is 1.29 bits per heavy atom. The smallest absolute Gasteiger partial charge is 0.246 e. The molecule has 2 aliphatic rings.